The third kappa shape index (κ3) is 3.79. The van der Waals surface area contributed by atoms with Crippen molar-refractivity contribution in [3.05, 3.63) is 90.1 Å². The summed E-state index contributed by atoms with van der Waals surface area (Å²) < 4.78 is 27.5. The normalized spacial score (nSPS) is 25.4. The first-order valence-electron chi connectivity index (χ1n) is 11.0. The van der Waals surface area contributed by atoms with Crippen LogP contribution in [-0.4, -0.2) is 34.9 Å². The number of rotatable bonds is 5. The minimum Gasteiger partial charge on any atom is -0.344 e. The number of fused-ring (bicyclic) bond motifs is 4. The van der Waals surface area contributed by atoms with Gasteiger partial charge in [0.2, 0.25) is 0 Å². The molecule has 0 saturated carbocycles. The Morgan fingerprint density at radius 3 is 2.69 bits per heavy atom. The molecular weight excluding hydrogens is 408 g/mol. The molecule has 32 heavy (non-hydrogen) atoms. The minimum absolute atomic E-state index is 0.0224. The van der Waals surface area contributed by atoms with E-state index in [1.807, 2.05) is 36.4 Å². The van der Waals surface area contributed by atoms with E-state index in [0.717, 1.165) is 60.6 Å². The summed E-state index contributed by atoms with van der Waals surface area (Å²) in [7, 11) is 0. The monoisotopic (exact) mass is 433 g/mol. The van der Waals surface area contributed by atoms with Gasteiger partial charge in [-0.05, 0) is 61.1 Å². The number of pyridine rings is 1. The standard InChI is InChI=1S/C26H25F2N3O/c1-2-16-15-31-10-8-17(16)13-24(31)25(22-7-9-29-23-6-4-3-5-21(22)23)30-26(32)18-11-19(27)14-20(28)12-18/h2-7,9,11-12,14,16-17,24-25H,1,8,10,13,15H2,(H,30,32)/t16-,17-,24+,25+/m0/s1. The predicted octanol–water partition coefficient (Wildman–Crippen LogP) is 4.88. The Morgan fingerprint density at radius 2 is 1.97 bits per heavy atom. The second-order valence-electron chi connectivity index (χ2n) is 8.77. The topological polar surface area (TPSA) is 45.2 Å². The van der Waals surface area contributed by atoms with Crippen LogP contribution < -0.4 is 5.32 Å². The number of carbonyl (C=O) groups excluding carboxylic acids is 1. The molecule has 0 spiro atoms. The molecule has 4 heterocycles. The van der Waals surface area contributed by atoms with Crippen LogP contribution in [0.2, 0.25) is 0 Å². The van der Waals surface area contributed by atoms with Crippen molar-refractivity contribution in [2.45, 2.75) is 24.9 Å². The lowest BCUT2D eigenvalue weighted by atomic mass is 9.73. The van der Waals surface area contributed by atoms with E-state index in [1.54, 1.807) is 6.20 Å². The number of halogens is 2. The van der Waals surface area contributed by atoms with Gasteiger partial charge in [0, 0.05) is 35.8 Å². The van der Waals surface area contributed by atoms with Crippen LogP contribution in [0, 0.1) is 23.5 Å². The fraction of sp³-hybridized carbons (Fsp3) is 0.308. The molecule has 3 aliphatic heterocycles. The highest BCUT2D eigenvalue weighted by molar-refractivity contribution is 5.95. The Balaban J connectivity index is 1.55. The molecule has 1 aromatic heterocycles. The van der Waals surface area contributed by atoms with E-state index in [2.05, 4.69) is 21.8 Å². The summed E-state index contributed by atoms with van der Waals surface area (Å²) in [5.74, 6) is -1.06. The Bertz CT molecular complexity index is 1160. The van der Waals surface area contributed by atoms with Crippen molar-refractivity contribution >= 4 is 16.8 Å². The van der Waals surface area contributed by atoms with Crippen LogP contribution in [0.4, 0.5) is 8.78 Å². The molecule has 3 saturated heterocycles. The molecule has 6 rings (SSSR count). The third-order valence-corrected chi connectivity index (χ3v) is 6.97. The summed E-state index contributed by atoms with van der Waals surface area (Å²) in [5.41, 5.74) is 1.79. The summed E-state index contributed by atoms with van der Waals surface area (Å²) in [6.07, 6.45) is 5.83. The van der Waals surface area contributed by atoms with Crippen molar-refractivity contribution in [2.75, 3.05) is 13.1 Å². The number of amides is 1. The van der Waals surface area contributed by atoms with Crippen LogP contribution in [0.25, 0.3) is 10.9 Å². The smallest absolute Gasteiger partial charge is 0.252 e. The van der Waals surface area contributed by atoms with E-state index < -0.39 is 17.5 Å². The highest BCUT2D eigenvalue weighted by atomic mass is 19.1. The number of nitrogens with zero attached hydrogens (tertiary/aromatic N) is 2. The Labute approximate surface area is 186 Å². The van der Waals surface area contributed by atoms with Gasteiger partial charge in [-0.15, -0.1) is 6.58 Å². The molecule has 1 N–H and O–H groups in total. The molecule has 3 aliphatic rings. The fourth-order valence-electron chi connectivity index (χ4n) is 5.40. The number of hydrogen-bond acceptors (Lipinski definition) is 3. The Kier molecular flexibility index (Phi) is 5.47. The van der Waals surface area contributed by atoms with Crippen molar-refractivity contribution in [3.8, 4) is 0 Å². The highest BCUT2D eigenvalue weighted by Crippen LogP contribution is 2.42. The second kappa shape index (κ2) is 8.43. The number of para-hydroxylation sites is 1. The van der Waals surface area contributed by atoms with Gasteiger partial charge in [-0.1, -0.05) is 24.3 Å². The second-order valence-corrected chi connectivity index (χ2v) is 8.77. The maximum absolute atomic E-state index is 13.8. The molecule has 2 bridgehead atoms. The zero-order valence-corrected chi connectivity index (χ0v) is 17.7. The number of piperidine rings is 3. The molecule has 5 atom stereocenters. The minimum atomic E-state index is -0.768. The third-order valence-electron chi connectivity index (χ3n) is 6.97. The average molecular weight is 434 g/mol. The first-order chi connectivity index (χ1) is 15.5. The number of nitrogens with one attached hydrogen (secondary N) is 1. The Hall–Kier alpha value is -3.12. The molecule has 0 aliphatic carbocycles. The van der Waals surface area contributed by atoms with E-state index in [1.165, 1.54) is 0 Å². The van der Waals surface area contributed by atoms with Gasteiger partial charge < -0.3 is 5.32 Å². The van der Waals surface area contributed by atoms with Crippen LogP contribution in [0.1, 0.15) is 34.8 Å². The number of hydrogen-bond donors (Lipinski definition) is 1. The van der Waals surface area contributed by atoms with E-state index in [-0.39, 0.29) is 17.6 Å². The number of aromatic nitrogens is 1. The summed E-state index contributed by atoms with van der Waals surface area (Å²) in [5, 5.41) is 4.08. The first kappa shape index (κ1) is 20.8. The predicted molar refractivity (Wildman–Crippen MR) is 120 cm³/mol. The molecule has 0 radical (unpaired) electrons. The summed E-state index contributed by atoms with van der Waals surface area (Å²) >= 11 is 0. The van der Waals surface area contributed by atoms with Gasteiger partial charge in [0.25, 0.3) is 5.91 Å². The Morgan fingerprint density at radius 1 is 1.19 bits per heavy atom. The molecule has 6 heteroatoms. The van der Waals surface area contributed by atoms with Gasteiger partial charge in [0.05, 0.1) is 11.6 Å². The van der Waals surface area contributed by atoms with Gasteiger partial charge in [-0.2, -0.15) is 0 Å². The zero-order valence-electron chi connectivity index (χ0n) is 17.7. The molecule has 2 aromatic carbocycles. The highest BCUT2D eigenvalue weighted by Gasteiger charge is 2.43. The summed E-state index contributed by atoms with van der Waals surface area (Å²) in [6, 6.07) is 12.4. The maximum Gasteiger partial charge on any atom is 0.252 e. The van der Waals surface area contributed by atoms with E-state index in [4.69, 9.17) is 0 Å². The van der Waals surface area contributed by atoms with Crippen LogP contribution in [0.5, 0.6) is 0 Å². The molecule has 3 fully saturated rings. The van der Waals surface area contributed by atoms with Gasteiger partial charge in [-0.3, -0.25) is 14.7 Å². The van der Waals surface area contributed by atoms with Crippen molar-refractivity contribution in [1.82, 2.24) is 15.2 Å². The van der Waals surface area contributed by atoms with Gasteiger partial charge >= 0.3 is 0 Å². The fourth-order valence-corrected chi connectivity index (χ4v) is 5.40. The van der Waals surface area contributed by atoms with Crippen LogP contribution in [0.15, 0.2) is 67.4 Å². The largest absolute Gasteiger partial charge is 0.344 e. The summed E-state index contributed by atoms with van der Waals surface area (Å²) in [4.78, 5) is 20.0. The quantitative estimate of drug-likeness (QED) is 0.584. The van der Waals surface area contributed by atoms with Gasteiger partial charge in [0.1, 0.15) is 11.6 Å². The summed E-state index contributed by atoms with van der Waals surface area (Å²) in [6.45, 7) is 5.87. The molecule has 4 nitrogen and oxygen atoms in total. The molecule has 164 valence electrons. The van der Waals surface area contributed by atoms with Gasteiger partial charge in [-0.25, -0.2) is 8.78 Å². The van der Waals surface area contributed by atoms with E-state index in [9.17, 15) is 13.6 Å². The lowest BCUT2D eigenvalue weighted by Crippen LogP contribution is -2.57. The first-order valence-corrected chi connectivity index (χ1v) is 11.0. The van der Waals surface area contributed by atoms with Crippen molar-refractivity contribution in [2.24, 2.45) is 11.8 Å². The average Bonchev–Trinajstić information content (AvgIpc) is 2.81. The molecule has 3 aromatic rings. The van der Waals surface area contributed by atoms with Crippen molar-refractivity contribution in [1.29, 1.82) is 0 Å². The molecule has 1 unspecified atom stereocenters. The maximum atomic E-state index is 13.8. The van der Waals surface area contributed by atoms with Crippen LogP contribution in [0.3, 0.4) is 0 Å². The zero-order chi connectivity index (χ0) is 22.2. The van der Waals surface area contributed by atoms with Crippen LogP contribution in [-0.2, 0) is 0 Å². The lowest BCUT2D eigenvalue weighted by molar-refractivity contribution is 0.00170. The molecule has 1 amide bonds. The number of benzene rings is 2. The lowest BCUT2D eigenvalue weighted by Gasteiger charge is -2.51. The number of carbonyl (C=O) groups is 1. The van der Waals surface area contributed by atoms with Crippen molar-refractivity contribution < 1.29 is 13.6 Å². The van der Waals surface area contributed by atoms with Crippen molar-refractivity contribution in [3.63, 3.8) is 0 Å². The molecular formula is C26H25F2N3O. The SMILES string of the molecule is C=C[C@H]1CN2CC[C@H]1C[C@@H]2[C@H](NC(=O)c1cc(F)cc(F)c1)c1ccnc2ccccc12. The van der Waals surface area contributed by atoms with E-state index >= 15 is 0 Å². The van der Waals surface area contributed by atoms with Crippen LogP contribution >= 0.6 is 0 Å². The van der Waals surface area contributed by atoms with E-state index in [0.29, 0.717) is 11.8 Å². The van der Waals surface area contributed by atoms with Gasteiger partial charge in [0.15, 0.2) is 0 Å².